The Labute approximate surface area is 169 Å². The molecule has 1 atom stereocenters. The van der Waals surface area contributed by atoms with Crippen molar-refractivity contribution >= 4 is 34.7 Å². The van der Waals surface area contributed by atoms with E-state index in [4.69, 9.17) is 4.74 Å². The molecule has 2 N–H and O–H groups in total. The highest BCUT2D eigenvalue weighted by Crippen LogP contribution is 2.25. The highest BCUT2D eigenvalue weighted by molar-refractivity contribution is 7.96. The van der Waals surface area contributed by atoms with Gasteiger partial charge in [-0.3, -0.25) is 14.4 Å². The van der Waals surface area contributed by atoms with Gasteiger partial charge in [-0.15, -0.1) is 12.6 Å². The Hall–Kier alpha value is -2.19. The van der Waals surface area contributed by atoms with Crippen LogP contribution in [0.4, 0.5) is 0 Å². The second-order valence-electron chi connectivity index (χ2n) is 7.71. The van der Waals surface area contributed by atoms with E-state index < -0.39 is 22.5 Å². The third-order valence-electron chi connectivity index (χ3n) is 4.94. The maximum Gasteiger partial charge on any atom is 0.280 e. The van der Waals surface area contributed by atoms with Crippen LogP contribution in [-0.4, -0.2) is 39.7 Å². The van der Waals surface area contributed by atoms with Crippen LogP contribution in [0, 0.1) is 5.41 Å². The first kappa shape index (κ1) is 22.1. The first-order chi connectivity index (χ1) is 13.1. The zero-order valence-electron chi connectivity index (χ0n) is 16.7. The van der Waals surface area contributed by atoms with Gasteiger partial charge in [0.05, 0.1) is 16.6 Å². The van der Waals surface area contributed by atoms with Crippen molar-refractivity contribution in [2.75, 3.05) is 13.2 Å². The van der Waals surface area contributed by atoms with E-state index in [0.717, 1.165) is 0 Å². The Morgan fingerprint density at radius 3 is 2.57 bits per heavy atom. The van der Waals surface area contributed by atoms with Gasteiger partial charge < -0.3 is 15.0 Å². The molecule has 0 aliphatic carbocycles. The molecule has 7 nitrogen and oxygen atoms in total. The number of nitrogens with zero attached hydrogens (tertiary/aromatic N) is 1. The number of carbonyl (C=O) groups excluding carboxylic acids is 2. The van der Waals surface area contributed by atoms with E-state index in [2.05, 4.69) is 27.9 Å². The van der Waals surface area contributed by atoms with Crippen LogP contribution in [0.15, 0.2) is 29.1 Å². The molecular formula is C20H27N3O4S. The van der Waals surface area contributed by atoms with E-state index in [1.165, 1.54) is 0 Å². The number of aromatic nitrogens is 2. The largest absolute Gasteiger partial charge is 0.373 e. The minimum atomic E-state index is -0.630. The quantitative estimate of drug-likeness (QED) is 0.557. The topological polar surface area (TPSA) is 101 Å². The number of amides is 1. The number of nitrogens with one attached hydrogen (secondary N) is 2. The van der Waals surface area contributed by atoms with Gasteiger partial charge in [-0.25, -0.2) is 4.98 Å². The molecule has 1 amide bonds. The van der Waals surface area contributed by atoms with Gasteiger partial charge in [-0.1, -0.05) is 32.9 Å². The molecule has 0 aliphatic rings. The molecule has 0 radical (unpaired) electrons. The number of carbonyl (C=O) groups is 2. The van der Waals surface area contributed by atoms with Gasteiger partial charge >= 0.3 is 0 Å². The van der Waals surface area contributed by atoms with Crippen LogP contribution in [-0.2, 0) is 9.53 Å². The summed E-state index contributed by atoms with van der Waals surface area (Å²) in [6, 6.07) is 7.02. The number of benzene rings is 1. The Morgan fingerprint density at radius 2 is 1.93 bits per heavy atom. The number of thiol groups is 1. The summed E-state index contributed by atoms with van der Waals surface area (Å²) >= 11 is 3.90. The van der Waals surface area contributed by atoms with E-state index in [0.29, 0.717) is 30.5 Å². The highest BCUT2D eigenvalue weighted by Gasteiger charge is 2.28. The lowest BCUT2D eigenvalue weighted by molar-refractivity contribution is -0.120. The van der Waals surface area contributed by atoms with Gasteiger partial charge in [0.2, 0.25) is 0 Å². The van der Waals surface area contributed by atoms with Gasteiger partial charge in [0.1, 0.15) is 0 Å². The van der Waals surface area contributed by atoms with Crippen LogP contribution in [0.2, 0.25) is 0 Å². The fourth-order valence-electron chi connectivity index (χ4n) is 2.47. The number of ether oxygens (including phenoxy) is 1. The highest BCUT2D eigenvalue weighted by atomic mass is 32.1. The summed E-state index contributed by atoms with van der Waals surface area (Å²) in [5, 5.41) is 2.55. The number of para-hydroxylation sites is 2. The summed E-state index contributed by atoms with van der Waals surface area (Å²) in [6.07, 6.45) is 1.16. The van der Waals surface area contributed by atoms with E-state index >= 15 is 0 Å². The lowest BCUT2D eigenvalue weighted by Gasteiger charge is -2.30. The van der Waals surface area contributed by atoms with Crippen molar-refractivity contribution in [2.45, 2.75) is 46.1 Å². The molecule has 1 unspecified atom stereocenters. The molecule has 0 saturated carbocycles. The minimum Gasteiger partial charge on any atom is -0.373 e. The molecule has 0 fully saturated rings. The molecule has 1 aromatic heterocycles. The number of hydrogen-bond donors (Lipinski definition) is 3. The van der Waals surface area contributed by atoms with E-state index in [9.17, 15) is 14.4 Å². The van der Waals surface area contributed by atoms with Crippen LogP contribution in [0.3, 0.4) is 0 Å². The van der Waals surface area contributed by atoms with E-state index in [-0.39, 0.29) is 17.4 Å². The lowest BCUT2D eigenvalue weighted by atomic mass is 9.91. The van der Waals surface area contributed by atoms with Crippen molar-refractivity contribution in [2.24, 2.45) is 5.41 Å². The molecule has 28 heavy (non-hydrogen) atoms. The van der Waals surface area contributed by atoms with Crippen LogP contribution < -0.4 is 10.9 Å². The summed E-state index contributed by atoms with van der Waals surface area (Å²) in [7, 11) is 0. The maximum atomic E-state index is 12.5. The number of fused-ring (bicyclic) bond motifs is 1. The summed E-state index contributed by atoms with van der Waals surface area (Å²) in [4.78, 5) is 43.0. The van der Waals surface area contributed by atoms with Crippen LogP contribution in [0.5, 0.6) is 0 Å². The zero-order chi connectivity index (χ0) is 20.9. The first-order valence-electron chi connectivity index (χ1n) is 9.22. The third kappa shape index (κ3) is 5.42. The Bertz CT molecular complexity index is 925. The molecular weight excluding hydrogens is 378 g/mol. The van der Waals surface area contributed by atoms with Crippen molar-refractivity contribution < 1.29 is 14.3 Å². The standard InChI is InChI=1S/C20H27N3O4S/c1-5-20(4,27-11-10-19(2,3)18(26)28)12-21-16(24)15-17(25)23-14-9-7-6-8-13(14)22-15/h6-9H,5,10-12H2,1-4H3,(H,21,24)(H,23,25)(H,26,28). The molecule has 152 valence electrons. The smallest absolute Gasteiger partial charge is 0.280 e. The van der Waals surface area contributed by atoms with Gasteiger partial charge in [0.15, 0.2) is 10.8 Å². The molecule has 1 heterocycles. The minimum absolute atomic E-state index is 0.182. The van der Waals surface area contributed by atoms with Crippen molar-refractivity contribution in [1.82, 2.24) is 15.3 Å². The molecule has 1 aromatic carbocycles. The molecule has 2 rings (SSSR count). The molecule has 2 aromatic rings. The average molecular weight is 406 g/mol. The number of rotatable bonds is 9. The Kier molecular flexibility index (Phi) is 7.01. The monoisotopic (exact) mass is 405 g/mol. The first-order valence-corrected chi connectivity index (χ1v) is 9.67. The second kappa shape index (κ2) is 8.87. The lowest BCUT2D eigenvalue weighted by Crippen LogP contribution is -2.44. The predicted octanol–water partition coefficient (Wildman–Crippen LogP) is 2.71. The average Bonchev–Trinajstić information content (AvgIpc) is 2.65. The Balaban J connectivity index is 2.02. The normalized spacial score (nSPS) is 13.9. The second-order valence-corrected chi connectivity index (χ2v) is 8.11. The predicted molar refractivity (Wildman–Crippen MR) is 112 cm³/mol. The Morgan fingerprint density at radius 1 is 1.25 bits per heavy atom. The number of aromatic amines is 1. The molecule has 8 heteroatoms. The number of H-pyrrole nitrogens is 1. The number of hydrogen-bond acceptors (Lipinski definition) is 5. The summed E-state index contributed by atoms with van der Waals surface area (Å²) in [5.41, 5.74) is -0.811. The van der Waals surface area contributed by atoms with Gasteiger partial charge in [0, 0.05) is 18.6 Å². The fraction of sp³-hybridized carbons (Fsp3) is 0.500. The SMILES string of the molecule is CCC(C)(CNC(=O)c1nc2ccccc2[nH]c1=O)OCCC(C)(C)C(=O)S. The van der Waals surface area contributed by atoms with Crippen LogP contribution >= 0.6 is 12.6 Å². The molecule has 0 bridgehead atoms. The summed E-state index contributed by atoms with van der Waals surface area (Å²) in [5.74, 6) is -0.554. The third-order valence-corrected chi connectivity index (χ3v) is 5.55. The van der Waals surface area contributed by atoms with Crippen molar-refractivity contribution in [3.8, 4) is 0 Å². The zero-order valence-corrected chi connectivity index (χ0v) is 17.6. The molecule has 0 aliphatic heterocycles. The molecule has 0 spiro atoms. The van der Waals surface area contributed by atoms with Gasteiger partial charge in [-0.05, 0) is 31.9 Å². The van der Waals surface area contributed by atoms with Crippen molar-refractivity contribution in [3.05, 3.63) is 40.3 Å². The summed E-state index contributed by atoms with van der Waals surface area (Å²) < 4.78 is 5.94. The van der Waals surface area contributed by atoms with Crippen molar-refractivity contribution in [1.29, 1.82) is 0 Å². The van der Waals surface area contributed by atoms with Gasteiger partial charge in [0.25, 0.3) is 11.5 Å². The van der Waals surface area contributed by atoms with Crippen molar-refractivity contribution in [3.63, 3.8) is 0 Å². The molecule has 0 saturated heterocycles. The van der Waals surface area contributed by atoms with Crippen LogP contribution in [0.25, 0.3) is 11.0 Å². The fourth-order valence-corrected chi connectivity index (χ4v) is 2.58. The van der Waals surface area contributed by atoms with Crippen LogP contribution in [0.1, 0.15) is 51.0 Å². The van der Waals surface area contributed by atoms with Gasteiger partial charge in [-0.2, -0.15) is 0 Å². The summed E-state index contributed by atoms with van der Waals surface area (Å²) in [6.45, 7) is 8.02. The van der Waals surface area contributed by atoms with E-state index in [1.807, 2.05) is 27.7 Å². The van der Waals surface area contributed by atoms with E-state index in [1.54, 1.807) is 24.3 Å². The maximum absolute atomic E-state index is 12.5.